The molecule has 0 N–H and O–H groups in total. The van der Waals surface area contributed by atoms with Gasteiger partial charge in [-0.2, -0.15) is 0 Å². The van der Waals surface area contributed by atoms with Crippen LogP contribution in [-0.4, -0.2) is 9.55 Å². The van der Waals surface area contributed by atoms with Gasteiger partial charge in [0.2, 0.25) is 0 Å². The Labute approximate surface area is 123 Å². The minimum atomic E-state index is 0.252. The van der Waals surface area contributed by atoms with Gasteiger partial charge in [-0.25, -0.2) is 4.98 Å². The normalized spacial score (nSPS) is 12.9. The molecule has 0 radical (unpaired) electrons. The summed E-state index contributed by atoms with van der Waals surface area (Å²) in [6.07, 6.45) is 2.54. The summed E-state index contributed by atoms with van der Waals surface area (Å²) < 4.78 is 7.65. The molecule has 0 fully saturated rings. The van der Waals surface area contributed by atoms with Crippen LogP contribution >= 0.6 is 11.6 Å². The van der Waals surface area contributed by atoms with Gasteiger partial charge in [0, 0.05) is 12.5 Å². The number of alkyl halides is 1. The number of halogens is 1. The van der Waals surface area contributed by atoms with Crippen LogP contribution < -0.4 is 0 Å². The van der Waals surface area contributed by atoms with Gasteiger partial charge in [-0.15, -0.1) is 11.6 Å². The Hall–Kier alpha value is -1.74. The largest absolute Gasteiger partial charge is 0.469 e. The molecule has 4 heteroatoms. The van der Waals surface area contributed by atoms with Crippen molar-refractivity contribution in [2.24, 2.45) is 0 Å². The van der Waals surface area contributed by atoms with Gasteiger partial charge < -0.3 is 8.98 Å². The summed E-state index contributed by atoms with van der Waals surface area (Å²) >= 11 is 6.06. The zero-order valence-corrected chi connectivity index (χ0v) is 12.4. The summed E-state index contributed by atoms with van der Waals surface area (Å²) in [6, 6.07) is 10.5. The quantitative estimate of drug-likeness (QED) is 0.663. The minimum absolute atomic E-state index is 0.252. The lowest BCUT2D eigenvalue weighted by molar-refractivity contribution is 0.449. The maximum Gasteiger partial charge on any atom is 0.125 e. The summed E-state index contributed by atoms with van der Waals surface area (Å²) in [5.74, 6) is 2.30. The van der Waals surface area contributed by atoms with E-state index in [2.05, 4.69) is 41.6 Å². The van der Waals surface area contributed by atoms with E-state index in [1.54, 1.807) is 6.26 Å². The molecule has 20 heavy (non-hydrogen) atoms. The molecule has 0 aliphatic rings. The molecule has 1 atom stereocenters. The van der Waals surface area contributed by atoms with Crippen LogP contribution in [0, 0.1) is 6.92 Å². The third kappa shape index (κ3) is 2.34. The summed E-state index contributed by atoms with van der Waals surface area (Å²) in [4.78, 5) is 4.64. The molecular formula is C16H17ClN2O. The van der Waals surface area contributed by atoms with Crippen LogP contribution in [0.4, 0.5) is 0 Å². The molecule has 2 aromatic heterocycles. The second-order valence-electron chi connectivity index (χ2n) is 5.16. The van der Waals surface area contributed by atoms with Gasteiger partial charge in [-0.05, 0) is 43.7 Å². The molecule has 0 saturated carbocycles. The van der Waals surface area contributed by atoms with Gasteiger partial charge in [0.25, 0.3) is 0 Å². The number of aryl methyl sites for hydroxylation is 1. The van der Waals surface area contributed by atoms with Gasteiger partial charge >= 0.3 is 0 Å². The van der Waals surface area contributed by atoms with Crippen molar-refractivity contribution in [3.05, 3.63) is 53.7 Å². The first-order valence-corrected chi connectivity index (χ1v) is 7.28. The van der Waals surface area contributed by atoms with Crippen LogP contribution in [0.15, 0.2) is 41.0 Å². The molecule has 1 unspecified atom stereocenters. The Morgan fingerprint density at radius 3 is 2.90 bits per heavy atom. The van der Waals surface area contributed by atoms with E-state index in [1.165, 1.54) is 5.56 Å². The molecule has 0 aliphatic carbocycles. The Morgan fingerprint density at radius 1 is 1.35 bits per heavy atom. The third-order valence-electron chi connectivity index (χ3n) is 3.56. The highest BCUT2D eigenvalue weighted by molar-refractivity contribution is 6.16. The van der Waals surface area contributed by atoms with Crippen LogP contribution in [0.5, 0.6) is 0 Å². The lowest BCUT2D eigenvalue weighted by Gasteiger charge is -2.16. The Morgan fingerprint density at radius 2 is 2.20 bits per heavy atom. The first-order chi connectivity index (χ1) is 9.69. The predicted octanol–water partition coefficient (Wildman–Crippen LogP) is 4.48. The molecule has 0 spiro atoms. The highest BCUT2D eigenvalue weighted by atomic mass is 35.5. The Bertz CT molecular complexity index is 715. The van der Waals surface area contributed by atoms with Crippen molar-refractivity contribution in [3.8, 4) is 0 Å². The van der Waals surface area contributed by atoms with E-state index in [0.717, 1.165) is 29.0 Å². The summed E-state index contributed by atoms with van der Waals surface area (Å²) in [5.41, 5.74) is 3.35. The fraction of sp³-hybridized carbons (Fsp3) is 0.312. The maximum atomic E-state index is 6.06. The van der Waals surface area contributed by atoms with Gasteiger partial charge in [0.05, 0.1) is 23.2 Å². The van der Waals surface area contributed by atoms with E-state index >= 15 is 0 Å². The SMILES string of the molecule is Cc1ccc2c(c1)nc(CCl)n2C(C)Cc1ccco1. The van der Waals surface area contributed by atoms with Gasteiger partial charge in [-0.1, -0.05) is 6.07 Å². The lowest BCUT2D eigenvalue weighted by Crippen LogP contribution is -2.10. The number of hydrogen-bond donors (Lipinski definition) is 0. The molecule has 0 amide bonds. The number of imidazole rings is 1. The number of nitrogens with zero attached hydrogens (tertiary/aromatic N) is 2. The molecule has 2 heterocycles. The van der Waals surface area contributed by atoms with Crippen molar-refractivity contribution >= 4 is 22.6 Å². The molecule has 3 rings (SSSR count). The average molecular weight is 289 g/mol. The monoisotopic (exact) mass is 288 g/mol. The first kappa shape index (κ1) is 13.3. The molecule has 0 saturated heterocycles. The lowest BCUT2D eigenvalue weighted by atomic mass is 10.1. The zero-order valence-electron chi connectivity index (χ0n) is 11.6. The number of fused-ring (bicyclic) bond motifs is 1. The molecule has 104 valence electrons. The van der Waals surface area contributed by atoms with Crippen molar-refractivity contribution < 1.29 is 4.42 Å². The number of rotatable bonds is 4. The molecular weight excluding hydrogens is 272 g/mol. The molecule has 3 aromatic rings. The van der Waals surface area contributed by atoms with E-state index in [4.69, 9.17) is 16.0 Å². The predicted molar refractivity (Wildman–Crippen MR) is 81.2 cm³/mol. The van der Waals surface area contributed by atoms with Gasteiger partial charge in [0.1, 0.15) is 11.6 Å². The number of aromatic nitrogens is 2. The van der Waals surface area contributed by atoms with Crippen LogP contribution in [0.3, 0.4) is 0 Å². The highest BCUT2D eigenvalue weighted by Crippen LogP contribution is 2.25. The van der Waals surface area contributed by atoms with Crippen LogP contribution in [-0.2, 0) is 12.3 Å². The fourth-order valence-corrected chi connectivity index (χ4v) is 2.84. The number of benzene rings is 1. The molecule has 3 nitrogen and oxygen atoms in total. The zero-order chi connectivity index (χ0) is 14.1. The molecule has 0 aliphatic heterocycles. The number of furan rings is 1. The molecule has 1 aromatic carbocycles. The smallest absolute Gasteiger partial charge is 0.125 e. The standard InChI is InChI=1S/C16H17ClN2O/c1-11-5-6-15-14(8-11)18-16(10-17)19(15)12(2)9-13-4-3-7-20-13/h3-8,12H,9-10H2,1-2H3. The van der Waals surface area contributed by atoms with E-state index in [9.17, 15) is 0 Å². The third-order valence-corrected chi connectivity index (χ3v) is 3.79. The Balaban J connectivity index is 2.04. The molecule has 0 bridgehead atoms. The van der Waals surface area contributed by atoms with E-state index < -0.39 is 0 Å². The van der Waals surface area contributed by atoms with Crippen LogP contribution in [0.25, 0.3) is 11.0 Å². The summed E-state index contributed by atoms with van der Waals surface area (Å²) in [7, 11) is 0. The van der Waals surface area contributed by atoms with Crippen molar-refractivity contribution in [1.29, 1.82) is 0 Å². The van der Waals surface area contributed by atoms with Crippen molar-refractivity contribution in [3.63, 3.8) is 0 Å². The second kappa shape index (κ2) is 5.33. The van der Waals surface area contributed by atoms with Crippen molar-refractivity contribution in [1.82, 2.24) is 9.55 Å². The van der Waals surface area contributed by atoms with Gasteiger partial charge in [0.15, 0.2) is 0 Å². The fourth-order valence-electron chi connectivity index (χ4n) is 2.66. The minimum Gasteiger partial charge on any atom is -0.469 e. The summed E-state index contributed by atoms with van der Waals surface area (Å²) in [6.45, 7) is 4.24. The van der Waals surface area contributed by atoms with E-state index in [0.29, 0.717) is 5.88 Å². The van der Waals surface area contributed by atoms with Gasteiger partial charge in [-0.3, -0.25) is 0 Å². The highest BCUT2D eigenvalue weighted by Gasteiger charge is 2.16. The van der Waals surface area contributed by atoms with E-state index in [-0.39, 0.29) is 6.04 Å². The average Bonchev–Trinajstić information content (AvgIpc) is 3.04. The summed E-state index contributed by atoms with van der Waals surface area (Å²) in [5, 5.41) is 0. The van der Waals surface area contributed by atoms with Crippen molar-refractivity contribution in [2.45, 2.75) is 32.2 Å². The topological polar surface area (TPSA) is 31.0 Å². The Kier molecular flexibility index (Phi) is 3.53. The van der Waals surface area contributed by atoms with Crippen LogP contribution in [0.1, 0.15) is 30.1 Å². The second-order valence-corrected chi connectivity index (χ2v) is 5.42. The first-order valence-electron chi connectivity index (χ1n) is 6.75. The van der Waals surface area contributed by atoms with E-state index in [1.807, 2.05) is 12.1 Å². The maximum absolute atomic E-state index is 6.06. The van der Waals surface area contributed by atoms with Crippen LogP contribution in [0.2, 0.25) is 0 Å². The number of hydrogen-bond acceptors (Lipinski definition) is 2. The van der Waals surface area contributed by atoms with Crippen molar-refractivity contribution in [2.75, 3.05) is 0 Å².